The van der Waals surface area contributed by atoms with Gasteiger partial charge in [0.2, 0.25) is 0 Å². The van der Waals surface area contributed by atoms with E-state index >= 15 is 0 Å². The third-order valence-electron chi connectivity index (χ3n) is 4.58. The second kappa shape index (κ2) is 6.72. The van der Waals surface area contributed by atoms with Crippen LogP contribution in [0.15, 0.2) is 0 Å². The highest BCUT2D eigenvalue weighted by Crippen LogP contribution is 2.31. The van der Waals surface area contributed by atoms with Gasteiger partial charge in [-0.15, -0.1) is 0 Å². The second-order valence-corrected chi connectivity index (χ2v) is 5.64. The molecule has 0 aliphatic heterocycles. The SMILES string of the molecule is COC1CCCC(N(CCN)C2CCCC2)C1. The smallest absolute Gasteiger partial charge is 0.0586 e. The number of nitrogens with two attached hydrogens (primary N) is 1. The Labute approximate surface area is 106 Å². The van der Waals surface area contributed by atoms with Crippen LogP contribution in [-0.4, -0.2) is 43.3 Å². The predicted molar refractivity (Wildman–Crippen MR) is 71.1 cm³/mol. The van der Waals surface area contributed by atoms with Crippen LogP contribution in [0.3, 0.4) is 0 Å². The molecule has 2 aliphatic carbocycles. The van der Waals surface area contributed by atoms with E-state index in [-0.39, 0.29) is 0 Å². The standard InChI is InChI=1S/C14H28N2O/c1-17-14-8-4-7-13(11-14)16(10-9-15)12-5-2-3-6-12/h12-14H,2-11,15H2,1H3. The van der Waals surface area contributed by atoms with Crippen LogP contribution >= 0.6 is 0 Å². The monoisotopic (exact) mass is 240 g/mol. The summed E-state index contributed by atoms with van der Waals surface area (Å²) >= 11 is 0. The van der Waals surface area contributed by atoms with Crippen LogP contribution < -0.4 is 5.73 Å². The fraction of sp³-hybridized carbons (Fsp3) is 1.00. The summed E-state index contributed by atoms with van der Waals surface area (Å²) in [6.45, 7) is 1.87. The molecular weight excluding hydrogens is 212 g/mol. The number of ether oxygens (including phenoxy) is 1. The van der Waals surface area contributed by atoms with E-state index in [9.17, 15) is 0 Å². The number of hydrogen-bond donors (Lipinski definition) is 1. The first-order valence-electron chi connectivity index (χ1n) is 7.33. The van der Waals surface area contributed by atoms with Gasteiger partial charge in [-0.2, -0.15) is 0 Å². The molecule has 0 saturated heterocycles. The summed E-state index contributed by atoms with van der Waals surface area (Å²) in [5.74, 6) is 0. The quantitative estimate of drug-likeness (QED) is 0.800. The summed E-state index contributed by atoms with van der Waals surface area (Å²) in [7, 11) is 1.86. The topological polar surface area (TPSA) is 38.5 Å². The van der Waals surface area contributed by atoms with Gasteiger partial charge in [0.05, 0.1) is 6.10 Å². The Hall–Kier alpha value is -0.120. The molecular formula is C14H28N2O. The summed E-state index contributed by atoms with van der Waals surface area (Å²) in [6.07, 6.45) is 11.2. The minimum absolute atomic E-state index is 0.482. The van der Waals surface area contributed by atoms with Crippen molar-refractivity contribution in [2.45, 2.75) is 69.6 Å². The van der Waals surface area contributed by atoms with Gasteiger partial charge in [0.25, 0.3) is 0 Å². The van der Waals surface area contributed by atoms with Gasteiger partial charge in [0.15, 0.2) is 0 Å². The van der Waals surface area contributed by atoms with E-state index in [4.69, 9.17) is 10.5 Å². The number of nitrogens with zero attached hydrogens (tertiary/aromatic N) is 1. The molecule has 2 rings (SSSR count). The van der Waals surface area contributed by atoms with E-state index < -0.39 is 0 Å². The summed E-state index contributed by atoms with van der Waals surface area (Å²) < 4.78 is 5.55. The Kier molecular flexibility index (Phi) is 5.26. The van der Waals surface area contributed by atoms with Crippen LogP contribution in [0.2, 0.25) is 0 Å². The number of methoxy groups -OCH3 is 1. The molecule has 2 unspecified atom stereocenters. The molecule has 2 fully saturated rings. The van der Waals surface area contributed by atoms with Gasteiger partial charge in [-0.1, -0.05) is 12.8 Å². The highest BCUT2D eigenvalue weighted by atomic mass is 16.5. The number of hydrogen-bond acceptors (Lipinski definition) is 3. The van der Waals surface area contributed by atoms with Crippen LogP contribution in [0, 0.1) is 0 Å². The molecule has 0 radical (unpaired) electrons. The fourth-order valence-electron chi connectivity index (χ4n) is 3.68. The molecule has 0 amide bonds. The summed E-state index contributed by atoms with van der Waals surface area (Å²) in [4.78, 5) is 2.71. The van der Waals surface area contributed by atoms with Crippen LogP contribution in [0.25, 0.3) is 0 Å². The van der Waals surface area contributed by atoms with Crippen molar-refractivity contribution in [2.75, 3.05) is 20.2 Å². The van der Waals surface area contributed by atoms with Crippen LogP contribution in [0.1, 0.15) is 51.4 Å². The average molecular weight is 240 g/mol. The molecule has 0 spiro atoms. The van der Waals surface area contributed by atoms with Gasteiger partial charge >= 0.3 is 0 Å². The maximum atomic E-state index is 5.80. The summed E-state index contributed by atoms with van der Waals surface area (Å²) in [5.41, 5.74) is 5.80. The van der Waals surface area contributed by atoms with E-state index in [0.29, 0.717) is 6.10 Å². The maximum Gasteiger partial charge on any atom is 0.0586 e. The Morgan fingerprint density at radius 2 is 1.76 bits per heavy atom. The Morgan fingerprint density at radius 3 is 2.41 bits per heavy atom. The van der Waals surface area contributed by atoms with Gasteiger partial charge in [0.1, 0.15) is 0 Å². The molecule has 2 atom stereocenters. The zero-order valence-corrected chi connectivity index (χ0v) is 11.2. The largest absolute Gasteiger partial charge is 0.381 e. The Morgan fingerprint density at radius 1 is 1.06 bits per heavy atom. The van der Waals surface area contributed by atoms with Gasteiger partial charge < -0.3 is 10.5 Å². The molecule has 100 valence electrons. The highest BCUT2D eigenvalue weighted by Gasteiger charge is 2.31. The molecule has 0 aromatic heterocycles. The maximum absolute atomic E-state index is 5.80. The molecule has 17 heavy (non-hydrogen) atoms. The minimum atomic E-state index is 0.482. The minimum Gasteiger partial charge on any atom is -0.381 e. The lowest BCUT2D eigenvalue weighted by Crippen LogP contribution is -2.47. The van der Waals surface area contributed by atoms with Crippen LogP contribution in [0.5, 0.6) is 0 Å². The fourth-order valence-corrected chi connectivity index (χ4v) is 3.68. The third-order valence-corrected chi connectivity index (χ3v) is 4.58. The van der Waals surface area contributed by atoms with Crippen molar-refractivity contribution >= 4 is 0 Å². The van der Waals surface area contributed by atoms with Crippen molar-refractivity contribution in [3.63, 3.8) is 0 Å². The predicted octanol–water partition coefficient (Wildman–Crippen LogP) is 2.15. The Bertz CT molecular complexity index is 216. The lowest BCUT2D eigenvalue weighted by Gasteiger charge is -2.40. The second-order valence-electron chi connectivity index (χ2n) is 5.64. The first-order chi connectivity index (χ1) is 8.35. The molecule has 2 saturated carbocycles. The van der Waals surface area contributed by atoms with Crippen molar-refractivity contribution in [1.29, 1.82) is 0 Å². The van der Waals surface area contributed by atoms with Crippen molar-refractivity contribution in [1.82, 2.24) is 4.90 Å². The molecule has 2 aliphatic rings. The van der Waals surface area contributed by atoms with Crippen molar-refractivity contribution in [3.8, 4) is 0 Å². The zero-order chi connectivity index (χ0) is 12.1. The van der Waals surface area contributed by atoms with Crippen LogP contribution in [0.4, 0.5) is 0 Å². The molecule has 0 heterocycles. The molecule has 0 bridgehead atoms. The first kappa shape index (κ1) is 13.3. The first-order valence-corrected chi connectivity index (χ1v) is 7.33. The molecule has 0 aromatic rings. The van der Waals surface area contributed by atoms with Crippen molar-refractivity contribution < 1.29 is 4.74 Å². The van der Waals surface area contributed by atoms with E-state index in [1.54, 1.807) is 0 Å². The Balaban J connectivity index is 1.93. The summed E-state index contributed by atoms with van der Waals surface area (Å²) in [6, 6.07) is 1.53. The van der Waals surface area contributed by atoms with Crippen LogP contribution in [-0.2, 0) is 4.74 Å². The van der Waals surface area contributed by atoms with Crippen molar-refractivity contribution in [2.24, 2.45) is 5.73 Å². The lowest BCUT2D eigenvalue weighted by molar-refractivity contribution is 0.0159. The van der Waals surface area contributed by atoms with E-state index in [1.165, 1.54) is 51.4 Å². The molecule has 2 N–H and O–H groups in total. The third kappa shape index (κ3) is 3.43. The summed E-state index contributed by atoms with van der Waals surface area (Å²) in [5, 5.41) is 0. The van der Waals surface area contributed by atoms with Gasteiger partial charge in [-0.05, 0) is 38.5 Å². The van der Waals surface area contributed by atoms with E-state index in [2.05, 4.69) is 4.90 Å². The van der Waals surface area contributed by atoms with Gasteiger partial charge in [0, 0.05) is 32.3 Å². The number of rotatable bonds is 5. The van der Waals surface area contributed by atoms with E-state index in [0.717, 1.165) is 25.2 Å². The highest BCUT2D eigenvalue weighted by molar-refractivity contribution is 4.87. The van der Waals surface area contributed by atoms with Gasteiger partial charge in [-0.3, -0.25) is 4.90 Å². The molecule has 0 aromatic carbocycles. The lowest BCUT2D eigenvalue weighted by atomic mass is 9.90. The van der Waals surface area contributed by atoms with Gasteiger partial charge in [-0.25, -0.2) is 0 Å². The average Bonchev–Trinajstić information content (AvgIpc) is 2.89. The normalized spacial score (nSPS) is 31.2. The molecule has 3 nitrogen and oxygen atoms in total. The zero-order valence-electron chi connectivity index (χ0n) is 11.2. The van der Waals surface area contributed by atoms with E-state index in [1.807, 2.05) is 7.11 Å². The molecule has 3 heteroatoms. The van der Waals surface area contributed by atoms with Crippen molar-refractivity contribution in [3.05, 3.63) is 0 Å².